The van der Waals surface area contributed by atoms with Crippen molar-refractivity contribution in [3.8, 4) is 6.07 Å². The molecule has 0 aliphatic heterocycles. The van der Waals surface area contributed by atoms with Crippen molar-refractivity contribution in [2.45, 2.75) is 12.8 Å². The summed E-state index contributed by atoms with van der Waals surface area (Å²) in [5.41, 5.74) is 0.967. The normalized spacial score (nSPS) is 18.0. The Kier molecular flexibility index (Phi) is 3.28. The molecule has 1 atom stereocenters. The third-order valence-corrected chi connectivity index (χ3v) is 3.64. The van der Waals surface area contributed by atoms with Crippen LogP contribution in [0.5, 0.6) is 0 Å². The van der Waals surface area contributed by atoms with Crippen LogP contribution >= 0.6 is 0 Å². The van der Waals surface area contributed by atoms with Gasteiger partial charge in [-0.25, -0.2) is 5.10 Å². The molecule has 1 aromatic heterocycles. The molecule has 1 aliphatic carbocycles. The van der Waals surface area contributed by atoms with Crippen LogP contribution in [0.15, 0.2) is 47.0 Å². The van der Waals surface area contributed by atoms with E-state index in [0.717, 1.165) is 0 Å². The van der Waals surface area contributed by atoms with E-state index in [9.17, 15) is 9.90 Å². The molecule has 0 fully saturated rings. The van der Waals surface area contributed by atoms with Gasteiger partial charge >= 0.3 is 0 Å². The van der Waals surface area contributed by atoms with Crippen LogP contribution in [0, 0.1) is 17.2 Å². The first-order valence-electron chi connectivity index (χ1n) is 6.65. The zero-order valence-corrected chi connectivity index (χ0v) is 11.2. The summed E-state index contributed by atoms with van der Waals surface area (Å²) in [7, 11) is 0. The average molecular weight is 279 g/mol. The monoisotopic (exact) mass is 279 g/mol. The topological polar surface area (TPSA) is 89.8 Å². The molecule has 0 saturated carbocycles. The van der Waals surface area contributed by atoms with Crippen molar-refractivity contribution < 1.29 is 5.11 Å². The molecule has 5 nitrogen and oxygen atoms in total. The van der Waals surface area contributed by atoms with E-state index >= 15 is 0 Å². The van der Waals surface area contributed by atoms with Crippen LogP contribution in [0.3, 0.4) is 0 Å². The van der Waals surface area contributed by atoms with Crippen molar-refractivity contribution >= 4 is 16.3 Å². The van der Waals surface area contributed by atoms with Gasteiger partial charge in [-0.1, -0.05) is 24.3 Å². The molecule has 1 aromatic carbocycles. The minimum Gasteiger partial charge on any atom is -0.508 e. The zero-order chi connectivity index (χ0) is 14.8. The highest BCUT2D eigenvalue weighted by atomic mass is 16.3. The Labute approximate surface area is 120 Å². The van der Waals surface area contributed by atoms with Crippen LogP contribution in [0.1, 0.15) is 18.5 Å². The van der Waals surface area contributed by atoms with Crippen LogP contribution in [0.25, 0.3) is 16.3 Å². The molecule has 2 N–H and O–H groups in total. The van der Waals surface area contributed by atoms with E-state index in [4.69, 9.17) is 5.26 Å². The van der Waals surface area contributed by atoms with E-state index in [2.05, 4.69) is 16.3 Å². The molecule has 104 valence electrons. The largest absolute Gasteiger partial charge is 0.508 e. The number of aromatic nitrogens is 2. The molecule has 2 aromatic rings. The molecular weight excluding hydrogens is 266 g/mol. The Bertz CT molecular complexity index is 856. The van der Waals surface area contributed by atoms with Crippen molar-refractivity contribution in [1.82, 2.24) is 10.2 Å². The maximum atomic E-state index is 11.8. The third-order valence-electron chi connectivity index (χ3n) is 3.64. The summed E-state index contributed by atoms with van der Waals surface area (Å²) in [6.45, 7) is 0. The van der Waals surface area contributed by atoms with Gasteiger partial charge in [-0.2, -0.15) is 10.4 Å². The van der Waals surface area contributed by atoms with Crippen molar-refractivity contribution in [3.05, 3.63) is 58.2 Å². The number of fused-ring (bicyclic) bond motifs is 1. The Morgan fingerprint density at radius 1 is 1.38 bits per heavy atom. The number of hydrogen-bond acceptors (Lipinski definition) is 4. The highest BCUT2D eigenvalue weighted by Gasteiger charge is 2.21. The van der Waals surface area contributed by atoms with Gasteiger partial charge in [0.2, 0.25) is 0 Å². The van der Waals surface area contributed by atoms with Crippen molar-refractivity contribution in [1.29, 1.82) is 5.26 Å². The fraction of sp³-hybridized carbons (Fsp3) is 0.188. The van der Waals surface area contributed by atoms with Crippen molar-refractivity contribution in [2.24, 2.45) is 5.92 Å². The van der Waals surface area contributed by atoms with E-state index in [1.807, 2.05) is 18.2 Å². The Morgan fingerprint density at radius 2 is 2.14 bits per heavy atom. The summed E-state index contributed by atoms with van der Waals surface area (Å²) in [6.07, 6.45) is 4.34. The molecule has 1 heterocycles. The minimum absolute atomic E-state index is 0.0494. The van der Waals surface area contributed by atoms with Gasteiger partial charge in [-0.05, 0) is 24.5 Å². The third kappa shape index (κ3) is 2.32. The van der Waals surface area contributed by atoms with Crippen molar-refractivity contribution in [3.63, 3.8) is 0 Å². The van der Waals surface area contributed by atoms with Gasteiger partial charge in [0.15, 0.2) is 0 Å². The maximum Gasteiger partial charge on any atom is 0.272 e. The van der Waals surface area contributed by atoms with Gasteiger partial charge in [0.1, 0.15) is 5.76 Å². The van der Waals surface area contributed by atoms with E-state index in [1.165, 1.54) is 0 Å². The first-order chi connectivity index (χ1) is 10.2. The maximum absolute atomic E-state index is 11.8. The first-order valence-corrected chi connectivity index (χ1v) is 6.65. The van der Waals surface area contributed by atoms with E-state index < -0.39 is 0 Å². The molecule has 0 spiro atoms. The number of aliphatic hydroxyl groups excluding tert-OH is 1. The van der Waals surface area contributed by atoms with E-state index in [1.54, 1.807) is 18.2 Å². The summed E-state index contributed by atoms with van der Waals surface area (Å²) in [4.78, 5) is 11.8. The second-order valence-electron chi connectivity index (χ2n) is 5.00. The minimum atomic E-state index is -0.255. The van der Waals surface area contributed by atoms with Crippen molar-refractivity contribution in [2.75, 3.05) is 0 Å². The lowest BCUT2D eigenvalue weighted by Gasteiger charge is -2.18. The molecule has 1 unspecified atom stereocenters. The van der Waals surface area contributed by atoms with Gasteiger partial charge in [0, 0.05) is 17.4 Å². The SMILES string of the molecule is N#CCC1C=CC(O)=C(c2n[nH]c(=O)c3ccccc23)C1. The first kappa shape index (κ1) is 13.1. The number of nitrogens with one attached hydrogen (secondary N) is 1. The summed E-state index contributed by atoms with van der Waals surface area (Å²) in [5, 5.41) is 26.7. The second-order valence-corrected chi connectivity index (χ2v) is 5.00. The number of H-pyrrole nitrogens is 1. The van der Waals surface area contributed by atoms with Gasteiger partial charge in [-0.15, -0.1) is 0 Å². The fourth-order valence-electron chi connectivity index (χ4n) is 2.58. The summed E-state index contributed by atoms with van der Waals surface area (Å²) in [5.74, 6) is 0.183. The molecule has 21 heavy (non-hydrogen) atoms. The van der Waals surface area contributed by atoms with E-state index in [0.29, 0.717) is 34.9 Å². The van der Waals surface area contributed by atoms with Crippen LogP contribution in [-0.2, 0) is 0 Å². The molecule has 0 saturated heterocycles. The summed E-state index contributed by atoms with van der Waals surface area (Å²) in [6, 6.07) is 9.29. The molecule has 0 bridgehead atoms. The number of aliphatic hydroxyl groups is 1. The Hall–Kier alpha value is -2.87. The number of hydrogen-bond donors (Lipinski definition) is 2. The van der Waals surface area contributed by atoms with Gasteiger partial charge < -0.3 is 5.11 Å². The van der Waals surface area contributed by atoms with Crippen LogP contribution < -0.4 is 5.56 Å². The lowest BCUT2D eigenvalue weighted by molar-refractivity contribution is 0.426. The Morgan fingerprint density at radius 3 is 2.90 bits per heavy atom. The number of nitrogens with zero attached hydrogens (tertiary/aromatic N) is 2. The summed E-state index contributed by atoms with van der Waals surface area (Å²) < 4.78 is 0. The lowest BCUT2D eigenvalue weighted by atomic mass is 9.88. The molecule has 5 heteroatoms. The molecule has 0 radical (unpaired) electrons. The number of benzene rings is 1. The number of nitriles is 1. The number of rotatable bonds is 2. The van der Waals surface area contributed by atoms with Gasteiger partial charge in [0.25, 0.3) is 5.56 Å². The van der Waals surface area contributed by atoms with Crippen LogP contribution in [0.4, 0.5) is 0 Å². The highest BCUT2D eigenvalue weighted by molar-refractivity contribution is 5.92. The summed E-state index contributed by atoms with van der Waals surface area (Å²) >= 11 is 0. The average Bonchev–Trinajstić information content (AvgIpc) is 2.51. The highest BCUT2D eigenvalue weighted by Crippen LogP contribution is 2.33. The number of allylic oxidation sites excluding steroid dienone is 3. The van der Waals surface area contributed by atoms with Gasteiger partial charge in [-0.3, -0.25) is 4.79 Å². The molecule has 1 aliphatic rings. The molecule has 3 rings (SSSR count). The standard InChI is InChI=1S/C16H13N3O2/c17-8-7-10-5-6-14(20)13(9-10)15-11-3-1-2-4-12(11)16(21)19-18-15/h1-6,10,20H,7,9H2,(H,19,21). The van der Waals surface area contributed by atoms with Crippen LogP contribution in [0.2, 0.25) is 0 Å². The predicted molar refractivity (Wildman–Crippen MR) is 79.4 cm³/mol. The number of aromatic amines is 1. The zero-order valence-electron chi connectivity index (χ0n) is 11.2. The quantitative estimate of drug-likeness (QED) is 0.884. The Balaban J connectivity index is 2.17. The van der Waals surface area contributed by atoms with Crippen LogP contribution in [-0.4, -0.2) is 15.3 Å². The smallest absolute Gasteiger partial charge is 0.272 e. The lowest BCUT2D eigenvalue weighted by Crippen LogP contribution is -2.13. The molecular formula is C16H13N3O2. The second kappa shape index (κ2) is 5.25. The molecule has 0 amide bonds. The van der Waals surface area contributed by atoms with Gasteiger partial charge in [0.05, 0.1) is 17.1 Å². The fourth-order valence-corrected chi connectivity index (χ4v) is 2.58. The predicted octanol–water partition coefficient (Wildman–Crippen LogP) is 2.68. The van der Waals surface area contributed by atoms with E-state index in [-0.39, 0.29) is 17.2 Å².